The Kier molecular flexibility index (Phi) is 7.76. The molecule has 4 heteroatoms. The molecular weight excluding hydrogens is 348 g/mol. The maximum atomic E-state index is 12.9. The molecular formula is C24H28N2O2. The highest BCUT2D eigenvalue weighted by Crippen LogP contribution is 2.11. The monoisotopic (exact) mass is 376 g/mol. The summed E-state index contributed by atoms with van der Waals surface area (Å²) in [4.78, 5) is 29.2. The van der Waals surface area contributed by atoms with Crippen LogP contribution in [0.4, 0.5) is 0 Å². The number of hydrogen-bond donors (Lipinski definition) is 0. The molecule has 0 atom stereocenters. The van der Waals surface area contributed by atoms with Crippen LogP contribution in [0.2, 0.25) is 0 Å². The molecule has 2 aromatic carbocycles. The summed E-state index contributed by atoms with van der Waals surface area (Å²) < 4.78 is 0. The Morgan fingerprint density at radius 3 is 1.25 bits per heavy atom. The average Bonchev–Trinajstić information content (AvgIpc) is 2.69. The van der Waals surface area contributed by atoms with Crippen LogP contribution in [-0.4, -0.2) is 34.7 Å². The van der Waals surface area contributed by atoms with Crippen LogP contribution >= 0.6 is 0 Å². The van der Waals surface area contributed by atoms with Crippen molar-refractivity contribution in [2.45, 2.75) is 27.7 Å². The molecule has 0 heterocycles. The van der Waals surface area contributed by atoms with Gasteiger partial charge in [-0.1, -0.05) is 47.5 Å². The van der Waals surface area contributed by atoms with Gasteiger partial charge in [-0.25, -0.2) is 0 Å². The van der Waals surface area contributed by atoms with Crippen molar-refractivity contribution < 1.29 is 9.59 Å². The van der Waals surface area contributed by atoms with E-state index in [-0.39, 0.29) is 11.8 Å². The molecule has 0 unspecified atom stereocenters. The molecule has 0 radical (unpaired) electrons. The smallest absolute Gasteiger partial charge is 0.257 e. The maximum Gasteiger partial charge on any atom is 0.257 e. The SMILES string of the molecule is CC(C)=CN(CCN(C=C(C)C)C(=O)c1ccccc1)C(=O)c1ccccc1. The lowest BCUT2D eigenvalue weighted by Gasteiger charge is -2.25. The van der Waals surface area contributed by atoms with E-state index in [4.69, 9.17) is 0 Å². The van der Waals surface area contributed by atoms with Crippen molar-refractivity contribution in [3.8, 4) is 0 Å². The number of carbonyl (C=O) groups is 2. The molecule has 0 aliphatic heterocycles. The minimum atomic E-state index is -0.0777. The molecule has 4 nitrogen and oxygen atoms in total. The second kappa shape index (κ2) is 10.3. The first-order valence-corrected chi connectivity index (χ1v) is 9.40. The second-order valence-corrected chi connectivity index (χ2v) is 7.14. The zero-order chi connectivity index (χ0) is 20.5. The summed E-state index contributed by atoms with van der Waals surface area (Å²) in [6.45, 7) is 8.62. The van der Waals surface area contributed by atoms with Gasteiger partial charge < -0.3 is 9.80 Å². The zero-order valence-corrected chi connectivity index (χ0v) is 17.1. The lowest BCUT2D eigenvalue weighted by Crippen LogP contribution is -2.36. The molecule has 0 saturated carbocycles. The highest BCUT2D eigenvalue weighted by molar-refractivity contribution is 5.96. The fraction of sp³-hybridized carbons (Fsp3) is 0.250. The van der Waals surface area contributed by atoms with Gasteiger partial charge in [-0.05, 0) is 52.0 Å². The van der Waals surface area contributed by atoms with Crippen molar-refractivity contribution in [1.29, 1.82) is 0 Å². The van der Waals surface area contributed by atoms with Crippen LogP contribution in [0.15, 0.2) is 84.2 Å². The Bertz CT molecular complexity index is 773. The average molecular weight is 377 g/mol. The van der Waals surface area contributed by atoms with Crippen molar-refractivity contribution in [2.24, 2.45) is 0 Å². The highest BCUT2D eigenvalue weighted by Gasteiger charge is 2.18. The summed E-state index contributed by atoms with van der Waals surface area (Å²) in [6.07, 6.45) is 3.67. The van der Waals surface area contributed by atoms with Gasteiger partial charge in [0.15, 0.2) is 0 Å². The fourth-order valence-electron chi connectivity index (χ4n) is 2.78. The third-order valence-corrected chi connectivity index (χ3v) is 3.97. The van der Waals surface area contributed by atoms with Gasteiger partial charge in [0, 0.05) is 36.6 Å². The summed E-state index contributed by atoms with van der Waals surface area (Å²) >= 11 is 0. The molecule has 0 spiro atoms. The van der Waals surface area contributed by atoms with E-state index in [1.54, 1.807) is 34.1 Å². The van der Waals surface area contributed by atoms with Crippen LogP contribution in [0, 0.1) is 0 Å². The molecule has 2 rings (SSSR count). The normalized spacial score (nSPS) is 10.0. The molecule has 0 bridgehead atoms. The van der Waals surface area contributed by atoms with Crippen LogP contribution in [0.5, 0.6) is 0 Å². The molecule has 146 valence electrons. The van der Waals surface area contributed by atoms with Crippen LogP contribution in [0.1, 0.15) is 48.4 Å². The summed E-state index contributed by atoms with van der Waals surface area (Å²) in [5.41, 5.74) is 3.30. The third kappa shape index (κ3) is 6.23. The predicted molar refractivity (Wildman–Crippen MR) is 114 cm³/mol. The van der Waals surface area contributed by atoms with Crippen molar-refractivity contribution >= 4 is 11.8 Å². The Hall–Kier alpha value is -3.14. The van der Waals surface area contributed by atoms with Crippen LogP contribution in [-0.2, 0) is 0 Å². The lowest BCUT2D eigenvalue weighted by atomic mass is 10.2. The van der Waals surface area contributed by atoms with E-state index in [1.807, 2.05) is 76.5 Å². The van der Waals surface area contributed by atoms with E-state index in [0.29, 0.717) is 24.2 Å². The van der Waals surface area contributed by atoms with E-state index in [1.165, 1.54) is 0 Å². The van der Waals surface area contributed by atoms with Crippen LogP contribution < -0.4 is 0 Å². The Labute approximate surface area is 167 Å². The predicted octanol–water partition coefficient (Wildman–Crippen LogP) is 5.12. The van der Waals surface area contributed by atoms with E-state index >= 15 is 0 Å². The molecule has 2 amide bonds. The minimum Gasteiger partial charge on any atom is -0.313 e. The van der Waals surface area contributed by atoms with E-state index in [0.717, 1.165) is 11.1 Å². The molecule has 0 N–H and O–H groups in total. The first kappa shape index (κ1) is 21.2. The standard InChI is InChI=1S/C24H28N2O2/c1-19(2)17-25(23(27)21-11-7-5-8-12-21)15-16-26(18-20(3)4)24(28)22-13-9-6-10-14-22/h5-14,17-18H,15-16H2,1-4H3. The number of hydrogen-bond acceptors (Lipinski definition) is 2. The fourth-order valence-corrected chi connectivity index (χ4v) is 2.78. The molecule has 0 aliphatic carbocycles. The molecule has 0 aliphatic rings. The van der Waals surface area contributed by atoms with Crippen molar-refractivity contribution in [3.63, 3.8) is 0 Å². The van der Waals surface area contributed by atoms with Crippen LogP contribution in [0.3, 0.4) is 0 Å². The van der Waals surface area contributed by atoms with Crippen molar-refractivity contribution in [3.05, 3.63) is 95.3 Å². The van der Waals surface area contributed by atoms with Crippen LogP contribution in [0.25, 0.3) is 0 Å². The number of allylic oxidation sites excluding steroid dienone is 2. The Morgan fingerprint density at radius 1 is 0.643 bits per heavy atom. The molecule has 0 fully saturated rings. The number of amides is 2. The van der Waals surface area contributed by atoms with Gasteiger partial charge >= 0.3 is 0 Å². The number of nitrogens with zero attached hydrogens (tertiary/aromatic N) is 2. The van der Waals surface area contributed by atoms with Gasteiger partial charge in [0.1, 0.15) is 0 Å². The molecule has 2 aromatic rings. The maximum absolute atomic E-state index is 12.9. The third-order valence-electron chi connectivity index (χ3n) is 3.97. The molecule has 28 heavy (non-hydrogen) atoms. The van der Waals surface area contributed by atoms with E-state index < -0.39 is 0 Å². The molecule has 0 saturated heterocycles. The lowest BCUT2D eigenvalue weighted by molar-refractivity contribution is 0.0754. The van der Waals surface area contributed by atoms with Crippen molar-refractivity contribution in [2.75, 3.05) is 13.1 Å². The first-order valence-electron chi connectivity index (χ1n) is 9.40. The molecule has 0 aromatic heterocycles. The van der Waals surface area contributed by atoms with E-state index in [9.17, 15) is 9.59 Å². The number of rotatable bonds is 7. The first-order chi connectivity index (χ1) is 13.4. The number of carbonyl (C=O) groups excluding carboxylic acids is 2. The zero-order valence-electron chi connectivity index (χ0n) is 17.1. The highest BCUT2D eigenvalue weighted by atomic mass is 16.2. The summed E-state index contributed by atoms with van der Waals surface area (Å²) in [7, 11) is 0. The summed E-state index contributed by atoms with van der Waals surface area (Å²) in [5, 5.41) is 0. The van der Waals surface area contributed by atoms with Gasteiger partial charge in [-0.15, -0.1) is 0 Å². The van der Waals surface area contributed by atoms with Gasteiger partial charge in [0.05, 0.1) is 0 Å². The largest absolute Gasteiger partial charge is 0.313 e. The summed E-state index contributed by atoms with van der Waals surface area (Å²) in [5.74, 6) is -0.155. The topological polar surface area (TPSA) is 40.6 Å². The van der Waals surface area contributed by atoms with Gasteiger partial charge in [0.25, 0.3) is 11.8 Å². The Morgan fingerprint density at radius 2 is 0.964 bits per heavy atom. The second-order valence-electron chi connectivity index (χ2n) is 7.14. The van der Waals surface area contributed by atoms with E-state index in [2.05, 4.69) is 0 Å². The quantitative estimate of drug-likeness (QED) is 0.673. The number of benzene rings is 2. The van der Waals surface area contributed by atoms with Gasteiger partial charge in [-0.3, -0.25) is 9.59 Å². The van der Waals surface area contributed by atoms with Crippen molar-refractivity contribution in [1.82, 2.24) is 9.80 Å². The van der Waals surface area contributed by atoms with Gasteiger partial charge in [0.2, 0.25) is 0 Å². The van der Waals surface area contributed by atoms with Gasteiger partial charge in [-0.2, -0.15) is 0 Å². The summed E-state index contributed by atoms with van der Waals surface area (Å²) in [6, 6.07) is 18.4. The minimum absolute atomic E-state index is 0.0777. The Balaban J connectivity index is 2.22.